The second-order valence-corrected chi connectivity index (χ2v) is 10.8. The number of benzene rings is 1. The van der Waals surface area contributed by atoms with E-state index in [1.807, 2.05) is 6.07 Å². The number of nitrogens with two attached hydrogens (primary N) is 1. The first-order valence-electron chi connectivity index (χ1n) is 14.0. The highest BCUT2D eigenvalue weighted by Gasteiger charge is 2.35. The Bertz CT molecular complexity index is 1290. The largest absolute Gasteiger partial charge is 0.496 e. The van der Waals surface area contributed by atoms with Crippen LogP contribution in [0.5, 0.6) is 11.8 Å². The summed E-state index contributed by atoms with van der Waals surface area (Å²) < 4.78 is 13.0. The molecule has 206 valence electrons. The number of ether oxygens (including phenoxy) is 2. The Morgan fingerprint density at radius 3 is 2.66 bits per heavy atom. The minimum atomic E-state index is -0.297. The van der Waals surface area contributed by atoms with E-state index in [0.29, 0.717) is 29.7 Å². The number of anilines is 1. The summed E-state index contributed by atoms with van der Waals surface area (Å²) in [5, 5.41) is 3.51. The molecule has 2 aliphatic heterocycles. The summed E-state index contributed by atoms with van der Waals surface area (Å²) in [5.74, 6) is 0.959. The zero-order valence-corrected chi connectivity index (χ0v) is 22.7. The normalized spacial score (nSPS) is 17.7. The van der Waals surface area contributed by atoms with Gasteiger partial charge < -0.3 is 30.4 Å². The van der Waals surface area contributed by atoms with Gasteiger partial charge in [0.1, 0.15) is 11.3 Å². The molecule has 10 heteroatoms. The van der Waals surface area contributed by atoms with Crippen molar-refractivity contribution in [3.8, 4) is 11.8 Å². The smallest absolute Gasteiger partial charge is 0.328 e. The van der Waals surface area contributed by atoms with E-state index in [1.165, 1.54) is 57.4 Å². The van der Waals surface area contributed by atoms with Crippen LogP contribution in [0.1, 0.15) is 56.6 Å². The van der Waals surface area contributed by atoms with E-state index in [9.17, 15) is 4.79 Å². The summed E-state index contributed by atoms with van der Waals surface area (Å²) in [7, 11) is 1.67. The molecular weight excluding hydrogens is 482 g/mol. The number of nitrogen functional groups attached to an aromatic ring is 1. The first kappa shape index (κ1) is 26.5. The van der Waals surface area contributed by atoms with Gasteiger partial charge in [-0.2, -0.15) is 9.97 Å². The molecule has 3 aromatic rings. The number of nitrogens with one attached hydrogen (secondary N) is 2. The van der Waals surface area contributed by atoms with Crippen LogP contribution in [0.15, 0.2) is 23.0 Å². The van der Waals surface area contributed by atoms with Crippen molar-refractivity contribution in [3.63, 3.8) is 0 Å². The molecule has 4 N–H and O–H groups in total. The van der Waals surface area contributed by atoms with Gasteiger partial charge in [-0.1, -0.05) is 25.5 Å². The molecule has 0 bridgehead atoms. The van der Waals surface area contributed by atoms with Crippen molar-refractivity contribution in [2.24, 2.45) is 5.41 Å². The Morgan fingerprint density at radius 2 is 1.92 bits per heavy atom. The van der Waals surface area contributed by atoms with E-state index < -0.39 is 0 Å². The monoisotopic (exact) mass is 523 g/mol. The molecule has 2 saturated heterocycles. The van der Waals surface area contributed by atoms with Crippen LogP contribution in [0, 0.1) is 5.41 Å². The van der Waals surface area contributed by atoms with Crippen molar-refractivity contribution >= 4 is 17.0 Å². The first-order valence-corrected chi connectivity index (χ1v) is 14.0. The molecule has 0 atom stereocenters. The van der Waals surface area contributed by atoms with Crippen molar-refractivity contribution in [1.29, 1.82) is 0 Å². The van der Waals surface area contributed by atoms with Crippen molar-refractivity contribution in [1.82, 2.24) is 29.7 Å². The van der Waals surface area contributed by atoms with Crippen LogP contribution in [0.25, 0.3) is 11.2 Å². The summed E-state index contributed by atoms with van der Waals surface area (Å²) in [6.45, 7) is 8.66. The molecule has 0 unspecified atom stereocenters. The first-order chi connectivity index (χ1) is 18.5. The van der Waals surface area contributed by atoms with E-state index in [-0.39, 0.29) is 17.5 Å². The van der Waals surface area contributed by atoms with Crippen molar-refractivity contribution in [2.75, 3.05) is 52.2 Å². The Balaban J connectivity index is 1.26. The number of methoxy groups -OCH3 is 1. The molecular formula is C28H41N7O3. The van der Waals surface area contributed by atoms with E-state index >= 15 is 0 Å². The summed E-state index contributed by atoms with van der Waals surface area (Å²) in [4.78, 5) is 26.9. The molecule has 1 aromatic carbocycles. The number of hydrogen-bond acceptors (Lipinski definition) is 8. The molecule has 5 rings (SSSR count). The molecule has 2 aliphatic rings. The molecule has 4 heterocycles. The van der Waals surface area contributed by atoms with Gasteiger partial charge in [0.05, 0.1) is 20.3 Å². The number of H-pyrrole nitrogens is 1. The number of unbranched alkanes of at least 4 members (excludes halogenated alkanes) is 1. The SMILES string of the molecule is CCCCOc1nc(N)c2[nH]c(=O)n(Cc3ccc(CCN4CCC5(CCNCC5)CC4)cc3OC)c2n1. The van der Waals surface area contributed by atoms with Gasteiger partial charge in [-0.15, -0.1) is 0 Å². The molecule has 2 aromatic heterocycles. The second kappa shape index (κ2) is 11.7. The quantitative estimate of drug-likeness (QED) is 0.347. The molecule has 1 spiro atoms. The van der Waals surface area contributed by atoms with Gasteiger partial charge in [0.25, 0.3) is 0 Å². The number of fused-ring (bicyclic) bond motifs is 1. The highest BCUT2D eigenvalue weighted by atomic mass is 16.5. The maximum atomic E-state index is 12.8. The lowest BCUT2D eigenvalue weighted by Gasteiger charge is -2.44. The summed E-state index contributed by atoms with van der Waals surface area (Å²) in [6.07, 6.45) is 8.14. The zero-order chi connectivity index (χ0) is 26.5. The topological polar surface area (TPSA) is 123 Å². The van der Waals surface area contributed by atoms with Gasteiger partial charge in [-0.05, 0) is 81.7 Å². The van der Waals surface area contributed by atoms with Crippen LogP contribution in [0.3, 0.4) is 0 Å². The van der Waals surface area contributed by atoms with E-state index in [1.54, 1.807) is 11.7 Å². The second-order valence-electron chi connectivity index (χ2n) is 10.8. The maximum Gasteiger partial charge on any atom is 0.328 e. The number of aromatic amines is 1. The molecule has 2 fully saturated rings. The number of hydrogen-bond donors (Lipinski definition) is 3. The van der Waals surface area contributed by atoms with Crippen LogP contribution in [0.4, 0.5) is 5.82 Å². The minimum absolute atomic E-state index is 0.183. The van der Waals surface area contributed by atoms with Gasteiger partial charge in [0, 0.05) is 12.1 Å². The number of rotatable bonds is 10. The van der Waals surface area contributed by atoms with E-state index in [0.717, 1.165) is 37.1 Å². The molecule has 0 aliphatic carbocycles. The van der Waals surface area contributed by atoms with Crippen LogP contribution < -0.4 is 26.2 Å². The highest BCUT2D eigenvalue weighted by Crippen LogP contribution is 2.39. The number of nitrogens with zero attached hydrogens (tertiary/aromatic N) is 4. The van der Waals surface area contributed by atoms with Crippen LogP contribution in [-0.2, 0) is 13.0 Å². The van der Waals surface area contributed by atoms with Crippen LogP contribution >= 0.6 is 0 Å². The van der Waals surface area contributed by atoms with Gasteiger partial charge in [-0.3, -0.25) is 4.57 Å². The lowest BCUT2D eigenvalue weighted by Crippen LogP contribution is -2.45. The minimum Gasteiger partial charge on any atom is -0.496 e. The van der Waals surface area contributed by atoms with Crippen molar-refractivity contribution in [3.05, 3.63) is 39.8 Å². The zero-order valence-electron chi connectivity index (χ0n) is 22.7. The fourth-order valence-electron chi connectivity index (χ4n) is 5.79. The van der Waals surface area contributed by atoms with Gasteiger partial charge >= 0.3 is 11.7 Å². The molecule has 10 nitrogen and oxygen atoms in total. The molecule has 0 amide bonds. The fourth-order valence-corrected chi connectivity index (χ4v) is 5.79. The number of piperidine rings is 2. The van der Waals surface area contributed by atoms with Crippen LogP contribution in [-0.4, -0.2) is 70.9 Å². The Kier molecular flexibility index (Phi) is 8.18. The predicted molar refractivity (Wildman–Crippen MR) is 149 cm³/mol. The number of imidazole rings is 1. The van der Waals surface area contributed by atoms with Crippen molar-refractivity contribution in [2.45, 2.75) is 58.4 Å². The summed E-state index contributed by atoms with van der Waals surface area (Å²) in [5.41, 5.74) is 9.36. The highest BCUT2D eigenvalue weighted by molar-refractivity contribution is 5.82. The maximum absolute atomic E-state index is 12.8. The molecule has 38 heavy (non-hydrogen) atoms. The third kappa shape index (κ3) is 5.81. The fraction of sp³-hybridized carbons (Fsp3) is 0.607. The molecule has 0 radical (unpaired) electrons. The van der Waals surface area contributed by atoms with Crippen LogP contribution in [0.2, 0.25) is 0 Å². The Labute approximate surface area is 223 Å². The Morgan fingerprint density at radius 1 is 1.13 bits per heavy atom. The van der Waals surface area contributed by atoms with Gasteiger partial charge in [0.2, 0.25) is 0 Å². The van der Waals surface area contributed by atoms with Gasteiger partial charge in [-0.25, -0.2) is 4.79 Å². The standard InChI is InChI=1S/C28H41N7O3/c1-3-4-17-38-26-32-24(29)23-25(33-26)35(27(36)31-23)19-21-6-5-20(18-22(21)37-2)7-14-34-15-10-28(11-16-34)8-12-30-13-9-28/h5-6,18,30H,3-4,7-17,19H2,1-2H3,(H,31,36)(H2,29,32,33). The number of aromatic nitrogens is 4. The number of likely N-dealkylation sites (tertiary alicyclic amines) is 1. The lowest BCUT2D eigenvalue weighted by atomic mass is 9.71. The average molecular weight is 524 g/mol. The van der Waals surface area contributed by atoms with Crippen molar-refractivity contribution < 1.29 is 9.47 Å². The van der Waals surface area contributed by atoms with E-state index in [2.05, 4.69) is 44.2 Å². The van der Waals surface area contributed by atoms with E-state index in [4.69, 9.17) is 15.2 Å². The summed E-state index contributed by atoms with van der Waals surface area (Å²) in [6, 6.07) is 6.46. The lowest BCUT2D eigenvalue weighted by molar-refractivity contribution is 0.0746. The van der Waals surface area contributed by atoms with Gasteiger partial charge in [0.15, 0.2) is 11.5 Å². The third-order valence-electron chi connectivity index (χ3n) is 8.34. The summed E-state index contributed by atoms with van der Waals surface area (Å²) >= 11 is 0. The third-order valence-corrected chi connectivity index (χ3v) is 8.34. The molecule has 0 saturated carbocycles. The predicted octanol–water partition coefficient (Wildman–Crippen LogP) is 2.95. The average Bonchev–Trinajstić information content (AvgIpc) is 3.25. The Hall–Kier alpha value is -3.11.